The predicted octanol–water partition coefficient (Wildman–Crippen LogP) is 3.41. The number of carbonyl (C=O) groups is 7. The Morgan fingerprint density at radius 3 is 2.03 bits per heavy atom. The molecule has 6 N–H and O–H groups in total. The number of nitrogens with one attached hydrogen (secondary N) is 4. The number of epoxide rings is 1. The van der Waals surface area contributed by atoms with Gasteiger partial charge in [0.25, 0.3) is 0 Å². The lowest BCUT2D eigenvalue weighted by Crippen LogP contribution is -2.66. The van der Waals surface area contributed by atoms with Gasteiger partial charge in [-0.2, -0.15) is 0 Å². The number of phenols is 1. The average molecular weight is 1040 g/mol. The van der Waals surface area contributed by atoms with E-state index in [-0.39, 0.29) is 62.0 Å². The van der Waals surface area contributed by atoms with Gasteiger partial charge < -0.3 is 55.5 Å². The van der Waals surface area contributed by atoms with Crippen LogP contribution in [0.1, 0.15) is 99.1 Å². The Balaban J connectivity index is 1.51. The molecule has 408 valence electrons. The van der Waals surface area contributed by atoms with Crippen molar-refractivity contribution in [3.05, 3.63) is 82.1 Å². The Labute approximate surface area is 437 Å². The molecule has 3 fully saturated rings. The lowest BCUT2D eigenvalue weighted by molar-refractivity contribution is -0.385. The van der Waals surface area contributed by atoms with Crippen molar-refractivity contribution in [3.8, 4) is 5.75 Å². The molecule has 21 heteroatoms. The number of piperidine rings is 1. The fourth-order valence-corrected chi connectivity index (χ4v) is 10.2. The smallest absolute Gasteiger partial charge is 0.310 e. The van der Waals surface area contributed by atoms with Gasteiger partial charge in [0.15, 0.2) is 5.75 Å². The second-order valence-electron chi connectivity index (χ2n) is 21.8. The Morgan fingerprint density at radius 2 is 1.40 bits per heavy atom. The molecule has 0 radical (unpaired) electrons. The molecule has 0 saturated carbocycles. The van der Waals surface area contributed by atoms with Gasteiger partial charge in [0, 0.05) is 56.0 Å². The first kappa shape index (κ1) is 57.4. The number of amides is 7. The summed E-state index contributed by atoms with van der Waals surface area (Å²) in [6, 6.07) is 1.75. The third-order valence-corrected chi connectivity index (χ3v) is 14.7. The van der Waals surface area contributed by atoms with E-state index in [4.69, 9.17) is 4.74 Å². The summed E-state index contributed by atoms with van der Waals surface area (Å²) < 4.78 is 7.84. The minimum absolute atomic E-state index is 0.00916. The average Bonchev–Trinajstić information content (AvgIpc) is 4.16. The number of benzene rings is 2. The molecule has 2 bridgehead atoms. The van der Waals surface area contributed by atoms with Crippen LogP contribution >= 0.6 is 0 Å². The molecule has 10 atom stereocenters. The number of hydrogen-bond donors (Lipinski definition) is 6. The molecule has 0 unspecified atom stereocenters. The molecule has 4 heterocycles. The highest BCUT2D eigenvalue weighted by Crippen LogP contribution is 2.37. The number of aromatic nitrogens is 1. The first-order chi connectivity index (χ1) is 35.3. The number of aliphatic hydroxyl groups is 1. The molecular formula is C54H75N9O12. The van der Waals surface area contributed by atoms with Gasteiger partial charge in [0.1, 0.15) is 54.6 Å². The molecular weight excluding hydrogens is 967 g/mol. The Hall–Kier alpha value is -6.87. The minimum Gasteiger partial charge on any atom is -0.502 e. The van der Waals surface area contributed by atoms with E-state index < -0.39 is 118 Å². The van der Waals surface area contributed by atoms with Crippen molar-refractivity contribution in [1.82, 2.24) is 40.5 Å². The summed E-state index contributed by atoms with van der Waals surface area (Å²) in [6.07, 6.45) is 3.36. The Bertz CT molecular complexity index is 2680. The number of ether oxygens (including phenoxy) is 1. The number of nitrogens with zero attached hydrogens (tertiary/aromatic N) is 5. The summed E-state index contributed by atoms with van der Waals surface area (Å²) in [5.41, 5.74) is 0.535. The number of aliphatic hydroxyl groups excluding tert-OH is 1. The molecule has 75 heavy (non-hydrogen) atoms. The fraction of sp³-hybridized carbons (Fsp3) is 0.574. The van der Waals surface area contributed by atoms with Gasteiger partial charge in [-0.1, -0.05) is 71.0 Å². The van der Waals surface area contributed by atoms with Crippen molar-refractivity contribution >= 4 is 57.9 Å². The maximum Gasteiger partial charge on any atom is 0.310 e. The van der Waals surface area contributed by atoms with Crippen LogP contribution in [0.3, 0.4) is 0 Å². The largest absolute Gasteiger partial charge is 0.502 e. The number of likely N-dealkylation sites (N-methyl/N-ethyl adjacent to an activating group) is 2. The summed E-state index contributed by atoms with van der Waals surface area (Å²) >= 11 is 0. The van der Waals surface area contributed by atoms with E-state index in [2.05, 4.69) is 25.8 Å². The lowest BCUT2D eigenvalue weighted by atomic mass is 9.89. The van der Waals surface area contributed by atoms with Gasteiger partial charge in [0.05, 0.1) is 17.1 Å². The number of para-hydroxylation sites is 1. The van der Waals surface area contributed by atoms with Crippen LogP contribution in [0.4, 0.5) is 5.69 Å². The quantitative estimate of drug-likeness (QED) is 0.0622. The van der Waals surface area contributed by atoms with Crippen LogP contribution in [-0.2, 0) is 56.7 Å². The maximum absolute atomic E-state index is 15.4. The molecule has 3 aromatic rings. The summed E-state index contributed by atoms with van der Waals surface area (Å²) in [4.78, 5) is 118. The number of fused-ring (bicyclic) bond motifs is 3. The normalized spacial score (nSPS) is 27.1. The van der Waals surface area contributed by atoms with Gasteiger partial charge in [0.2, 0.25) is 41.4 Å². The van der Waals surface area contributed by atoms with E-state index in [1.54, 1.807) is 26.0 Å². The van der Waals surface area contributed by atoms with Gasteiger partial charge >= 0.3 is 5.69 Å². The summed E-state index contributed by atoms with van der Waals surface area (Å²) in [6.45, 7) is 16.8. The van der Waals surface area contributed by atoms with Gasteiger partial charge in [-0.15, -0.1) is 0 Å². The predicted molar refractivity (Wildman–Crippen MR) is 278 cm³/mol. The molecule has 7 amide bonds. The first-order valence-electron chi connectivity index (χ1n) is 25.8. The van der Waals surface area contributed by atoms with Crippen LogP contribution in [0.5, 0.6) is 5.75 Å². The van der Waals surface area contributed by atoms with Crippen molar-refractivity contribution in [3.63, 3.8) is 0 Å². The Morgan fingerprint density at radius 1 is 0.800 bits per heavy atom. The molecule has 0 aliphatic carbocycles. The maximum atomic E-state index is 15.4. The number of phenolic OH excluding ortho intramolecular Hbond substituents is 1. The zero-order chi connectivity index (χ0) is 55.4. The van der Waals surface area contributed by atoms with E-state index >= 15 is 4.79 Å². The zero-order valence-electron chi connectivity index (χ0n) is 44.9. The number of allylic oxidation sites excluding steroid dienone is 1. The molecule has 3 aliphatic heterocycles. The van der Waals surface area contributed by atoms with Crippen molar-refractivity contribution in [2.45, 2.75) is 161 Å². The van der Waals surface area contributed by atoms with Crippen LogP contribution in [0.2, 0.25) is 0 Å². The van der Waals surface area contributed by atoms with Crippen molar-refractivity contribution in [2.75, 3.05) is 20.7 Å². The van der Waals surface area contributed by atoms with E-state index in [1.165, 1.54) is 32.0 Å². The van der Waals surface area contributed by atoms with E-state index in [0.717, 1.165) is 32.8 Å². The highest BCUT2D eigenvalue weighted by atomic mass is 16.6. The molecule has 6 rings (SSSR count). The summed E-state index contributed by atoms with van der Waals surface area (Å²) in [7, 11) is 2.79. The lowest BCUT2D eigenvalue weighted by Gasteiger charge is -2.46. The second-order valence-corrected chi connectivity index (χ2v) is 21.8. The third-order valence-electron chi connectivity index (χ3n) is 14.7. The van der Waals surface area contributed by atoms with E-state index in [9.17, 15) is 49.1 Å². The van der Waals surface area contributed by atoms with Crippen LogP contribution in [0, 0.1) is 27.9 Å². The van der Waals surface area contributed by atoms with Crippen molar-refractivity contribution < 1.29 is 53.4 Å². The molecule has 3 aliphatic rings. The molecule has 2 aromatic carbocycles. The van der Waals surface area contributed by atoms with Crippen LogP contribution in [0.15, 0.2) is 60.8 Å². The van der Waals surface area contributed by atoms with Crippen LogP contribution in [-0.4, -0.2) is 151 Å². The highest BCUT2D eigenvalue weighted by Gasteiger charge is 2.48. The standard InChI is InChI=1S/C54H75N9O12/c1-12-13-17-36-46(65)58-38(26-34-27-61(54(8,9)45-28-75-45)39-18-15-14-16-35(34)39)52(71)59(10)41(21-29(2)3)48(67)57-37(24-33-19-20-44(64)40(25-33)63(73)74)47(66)55-32(7)51(70)60(11)43-23-31(6)50(69)62(53(43)72)42(22-30(4)5)49(68)56-36/h12-16,18-20,25,27,29-32,36-38,41-43,45,50,64,69H,17,21-24,26,28H2,1-11H3,(H,55,66)(H,56,68)(H,57,67)(H,58,65)/b13-12+/t31-,32-,36-,37-,38-,41-,42-,43-,45+,50+/m0/s1. The van der Waals surface area contributed by atoms with E-state index in [1.807, 2.05) is 72.0 Å². The minimum atomic E-state index is -1.53. The first-order valence-corrected chi connectivity index (χ1v) is 25.8. The second kappa shape index (κ2) is 23.8. The van der Waals surface area contributed by atoms with Crippen molar-refractivity contribution in [1.29, 1.82) is 0 Å². The van der Waals surface area contributed by atoms with Gasteiger partial charge in [-0.25, -0.2) is 0 Å². The number of rotatable bonds is 13. The topological polar surface area (TPSA) is 278 Å². The molecule has 3 saturated heterocycles. The highest BCUT2D eigenvalue weighted by molar-refractivity contribution is 5.99. The molecule has 21 nitrogen and oxygen atoms in total. The number of aromatic hydroxyl groups is 1. The Kier molecular flexibility index (Phi) is 18.2. The number of nitro groups is 1. The number of carbonyl (C=O) groups excluding carboxylic acids is 7. The van der Waals surface area contributed by atoms with Gasteiger partial charge in [-0.3, -0.25) is 43.7 Å². The summed E-state index contributed by atoms with van der Waals surface area (Å²) in [5.74, 6) is -7.06. The number of nitro benzene ring substituents is 1. The number of hydrogen-bond acceptors (Lipinski definition) is 12. The van der Waals surface area contributed by atoms with Crippen LogP contribution in [0.25, 0.3) is 10.9 Å². The molecule has 1 aromatic heterocycles. The van der Waals surface area contributed by atoms with Gasteiger partial charge in [-0.05, 0) is 88.5 Å². The van der Waals surface area contributed by atoms with E-state index in [0.29, 0.717) is 12.2 Å². The SMILES string of the molecule is C/C=C/C[C@@H]1NC(=O)[C@H](CC(C)C)N2C(=O)[C@H](C[C@H](C)[C@H]2O)N(C)C(=O)[C@H](C)NC(=O)[C@H](Cc2ccc(O)c([N+](=O)[O-])c2)NC(=O)[C@H](CC(C)C)N(C)C(=O)[C@H](Cc2cn(C(C)(C)[C@H]3CO3)c3ccccc23)NC1=O. The third kappa shape index (κ3) is 13.0. The van der Waals surface area contributed by atoms with Crippen molar-refractivity contribution in [2.24, 2.45) is 17.8 Å². The van der Waals surface area contributed by atoms with Crippen LogP contribution < -0.4 is 21.3 Å². The zero-order valence-corrected chi connectivity index (χ0v) is 44.9. The monoisotopic (exact) mass is 1040 g/mol. The molecule has 0 spiro atoms. The summed E-state index contributed by atoms with van der Waals surface area (Å²) in [5, 5.41) is 45.9. The fourth-order valence-electron chi connectivity index (χ4n) is 10.2.